The second-order valence-electron chi connectivity index (χ2n) is 5.00. The number of aromatic hydroxyl groups is 3. The van der Waals surface area contributed by atoms with Crippen LogP contribution in [0.25, 0.3) is 22.3 Å². The highest BCUT2D eigenvalue weighted by molar-refractivity contribution is 6.06. The number of phenolic OH excluding ortho intramolecular Hbond substituents is 3. The number of fused-ring (bicyclic) bond motifs is 1. The SMILES string of the molecule is COc1cc(O)c2c(C=O)c(-c3ccc(O)c(O)c3OC)oc2c1. The van der Waals surface area contributed by atoms with Crippen LogP contribution in [0.5, 0.6) is 28.7 Å². The molecule has 0 aliphatic heterocycles. The van der Waals surface area contributed by atoms with Crippen LogP contribution in [-0.4, -0.2) is 35.8 Å². The van der Waals surface area contributed by atoms with Crippen LogP contribution in [0, 0.1) is 0 Å². The van der Waals surface area contributed by atoms with Gasteiger partial charge in [-0.05, 0) is 12.1 Å². The zero-order chi connectivity index (χ0) is 17.4. The van der Waals surface area contributed by atoms with Crippen LogP contribution < -0.4 is 9.47 Å². The molecule has 1 aromatic heterocycles. The first-order valence-electron chi connectivity index (χ1n) is 6.89. The van der Waals surface area contributed by atoms with Crippen molar-refractivity contribution in [3.63, 3.8) is 0 Å². The van der Waals surface area contributed by atoms with Gasteiger partial charge in [0.2, 0.25) is 5.75 Å². The highest BCUT2D eigenvalue weighted by atomic mass is 16.5. The van der Waals surface area contributed by atoms with Crippen LogP contribution in [0.15, 0.2) is 28.7 Å². The van der Waals surface area contributed by atoms with E-state index in [-0.39, 0.29) is 45.1 Å². The van der Waals surface area contributed by atoms with E-state index in [0.29, 0.717) is 12.0 Å². The number of benzene rings is 2. The van der Waals surface area contributed by atoms with E-state index in [1.54, 1.807) is 0 Å². The molecule has 0 saturated carbocycles. The summed E-state index contributed by atoms with van der Waals surface area (Å²) in [5.41, 5.74) is 0.580. The maximum atomic E-state index is 11.6. The van der Waals surface area contributed by atoms with Crippen molar-refractivity contribution in [3.8, 4) is 40.1 Å². The van der Waals surface area contributed by atoms with Gasteiger partial charge < -0.3 is 29.2 Å². The van der Waals surface area contributed by atoms with Crippen molar-refractivity contribution < 1.29 is 34.0 Å². The van der Waals surface area contributed by atoms with Crippen LogP contribution in [0.1, 0.15) is 10.4 Å². The number of rotatable bonds is 4. The van der Waals surface area contributed by atoms with Gasteiger partial charge in [-0.2, -0.15) is 0 Å². The molecule has 0 amide bonds. The highest BCUT2D eigenvalue weighted by Crippen LogP contribution is 2.47. The average molecular weight is 330 g/mol. The molecule has 3 N–H and O–H groups in total. The molecule has 0 saturated heterocycles. The minimum absolute atomic E-state index is 0.0522. The number of aldehydes is 1. The van der Waals surface area contributed by atoms with E-state index in [9.17, 15) is 20.1 Å². The van der Waals surface area contributed by atoms with Gasteiger partial charge in [-0.3, -0.25) is 4.79 Å². The predicted molar refractivity (Wildman–Crippen MR) is 85.1 cm³/mol. The highest BCUT2D eigenvalue weighted by Gasteiger charge is 2.24. The molecule has 124 valence electrons. The number of hydrogen-bond acceptors (Lipinski definition) is 7. The molecule has 0 unspecified atom stereocenters. The van der Waals surface area contributed by atoms with Crippen molar-refractivity contribution in [1.82, 2.24) is 0 Å². The molecule has 0 aliphatic carbocycles. The maximum absolute atomic E-state index is 11.6. The fourth-order valence-corrected chi connectivity index (χ4v) is 2.58. The number of hydrogen-bond donors (Lipinski definition) is 3. The summed E-state index contributed by atoms with van der Waals surface area (Å²) in [6, 6.07) is 5.57. The summed E-state index contributed by atoms with van der Waals surface area (Å²) in [7, 11) is 2.74. The van der Waals surface area contributed by atoms with E-state index < -0.39 is 5.75 Å². The zero-order valence-electron chi connectivity index (χ0n) is 12.9. The zero-order valence-corrected chi connectivity index (χ0v) is 12.9. The average Bonchev–Trinajstić information content (AvgIpc) is 2.95. The van der Waals surface area contributed by atoms with E-state index in [2.05, 4.69) is 0 Å². The third-order valence-electron chi connectivity index (χ3n) is 3.69. The van der Waals surface area contributed by atoms with Crippen molar-refractivity contribution in [2.75, 3.05) is 14.2 Å². The van der Waals surface area contributed by atoms with Crippen LogP contribution in [0.2, 0.25) is 0 Å². The van der Waals surface area contributed by atoms with Gasteiger partial charge in [0.15, 0.2) is 17.8 Å². The lowest BCUT2D eigenvalue weighted by Gasteiger charge is -2.09. The molecule has 24 heavy (non-hydrogen) atoms. The lowest BCUT2D eigenvalue weighted by Crippen LogP contribution is -1.90. The van der Waals surface area contributed by atoms with Crippen LogP contribution in [0.3, 0.4) is 0 Å². The van der Waals surface area contributed by atoms with E-state index >= 15 is 0 Å². The molecule has 3 aromatic rings. The van der Waals surface area contributed by atoms with Gasteiger partial charge in [-0.1, -0.05) is 0 Å². The summed E-state index contributed by atoms with van der Waals surface area (Å²) in [5, 5.41) is 29.9. The summed E-state index contributed by atoms with van der Waals surface area (Å²) < 4.78 is 15.9. The first kappa shape index (κ1) is 15.5. The van der Waals surface area contributed by atoms with E-state index in [1.807, 2.05) is 0 Å². The number of ether oxygens (including phenoxy) is 2. The Morgan fingerprint density at radius 1 is 1.04 bits per heavy atom. The maximum Gasteiger partial charge on any atom is 0.201 e. The normalized spacial score (nSPS) is 10.8. The number of methoxy groups -OCH3 is 2. The molecular weight excluding hydrogens is 316 g/mol. The molecule has 0 atom stereocenters. The molecule has 2 aromatic carbocycles. The predicted octanol–water partition coefficient (Wildman–Crippen LogP) is 3.05. The molecule has 7 nitrogen and oxygen atoms in total. The molecular formula is C17H14O7. The van der Waals surface area contributed by atoms with Crippen molar-refractivity contribution >= 4 is 17.3 Å². The second-order valence-corrected chi connectivity index (χ2v) is 5.00. The molecule has 1 heterocycles. The topological polar surface area (TPSA) is 109 Å². The van der Waals surface area contributed by atoms with Crippen LogP contribution >= 0.6 is 0 Å². The molecule has 0 bridgehead atoms. The monoisotopic (exact) mass is 330 g/mol. The summed E-state index contributed by atoms with van der Waals surface area (Å²) in [6.45, 7) is 0. The van der Waals surface area contributed by atoms with Gasteiger partial charge in [-0.25, -0.2) is 0 Å². The first-order chi connectivity index (χ1) is 11.5. The Labute approximate surface area is 136 Å². The van der Waals surface area contributed by atoms with Gasteiger partial charge in [0.1, 0.15) is 22.8 Å². The van der Waals surface area contributed by atoms with Crippen LogP contribution in [-0.2, 0) is 0 Å². The lowest BCUT2D eigenvalue weighted by atomic mass is 10.0. The number of carbonyl (C=O) groups excluding carboxylic acids is 1. The van der Waals surface area contributed by atoms with Gasteiger partial charge in [-0.15, -0.1) is 0 Å². The van der Waals surface area contributed by atoms with Gasteiger partial charge in [0.05, 0.1) is 30.7 Å². The Kier molecular flexibility index (Phi) is 3.69. The number of phenols is 3. The minimum Gasteiger partial charge on any atom is -0.507 e. The second kappa shape index (κ2) is 5.69. The summed E-state index contributed by atoms with van der Waals surface area (Å²) >= 11 is 0. The lowest BCUT2D eigenvalue weighted by molar-refractivity contribution is 0.112. The summed E-state index contributed by atoms with van der Waals surface area (Å²) in [5.74, 6) is -0.626. The third kappa shape index (κ3) is 2.18. The Balaban J connectivity index is 2.37. The largest absolute Gasteiger partial charge is 0.507 e. The van der Waals surface area contributed by atoms with Gasteiger partial charge >= 0.3 is 0 Å². The van der Waals surface area contributed by atoms with Crippen molar-refractivity contribution in [1.29, 1.82) is 0 Å². The first-order valence-corrected chi connectivity index (χ1v) is 6.89. The summed E-state index contributed by atoms with van der Waals surface area (Å²) in [6.07, 6.45) is 0.538. The minimum atomic E-state index is -0.478. The summed E-state index contributed by atoms with van der Waals surface area (Å²) in [4.78, 5) is 11.6. The van der Waals surface area contributed by atoms with Crippen molar-refractivity contribution in [2.24, 2.45) is 0 Å². The van der Waals surface area contributed by atoms with Crippen molar-refractivity contribution in [3.05, 3.63) is 29.8 Å². The van der Waals surface area contributed by atoms with Crippen LogP contribution in [0.4, 0.5) is 0 Å². The van der Waals surface area contributed by atoms with Gasteiger partial charge in [0, 0.05) is 12.1 Å². The Hall–Kier alpha value is -3.35. The van der Waals surface area contributed by atoms with Crippen molar-refractivity contribution in [2.45, 2.75) is 0 Å². The third-order valence-corrected chi connectivity index (χ3v) is 3.69. The number of carbonyl (C=O) groups is 1. The van der Waals surface area contributed by atoms with Gasteiger partial charge in [0.25, 0.3) is 0 Å². The molecule has 0 fully saturated rings. The van der Waals surface area contributed by atoms with E-state index in [0.717, 1.165) is 0 Å². The number of furan rings is 1. The Bertz CT molecular complexity index is 940. The fraction of sp³-hybridized carbons (Fsp3) is 0.118. The molecule has 0 radical (unpaired) electrons. The molecule has 3 rings (SSSR count). The molecule has 7 heteroatoms. The molecule has 0 aliphatic rings. The molecule has 0 spiro atoms. The van der Waals surface area contributed by atoms with E-state index in [1.165, 1.54) is 38.5 Å². The Morgan fingerprint density at radius 3 is 2.42 bits per heavy atom. The fourth-order valence-electron chi connectivity index (χ4n) is 2.58. The van der Waals surface area contributed by atoms with E-state index in [4.69, 9.17) is 13.9 Å². The quantitative estimate of drug-likeness (QED) is 0.498. The standard InChI is InChI=1S/C17H14O7/c1-22-8-5-12(20)14-10(7-18)16(24-13(14)6-8)9-3-4-11(19)15(21)17(9)23-2/h3-7,19-21H,1-2H3. The Morgan fingerprint density at radius 2 is 1.79 bits per heavy atom. The smallest absolute Gasteiger partial charge is 0.201 e.